The van der Waals surface area contributed by atoms with Crippen molar-refractivity contribution < 1.29 is 19.2 Å². The highest BCUT2D eigenvalue weighted by Crippen LogP contribution is 2.48. The van der Waals surface area contributed by atoms with Gasteiger partial charge in [-0.25, -0.2) is 0 Å². The zero-order valence-corrected chi connectivity index (χ0v) is 19.2. The van der Waals surface area contributed by atoms with E-state index < -0.39 is 11.0 Å². The van der Waals surface area contributed by atoms with Crippen molar-refractivity contribution in [2.24, 2.45) is 0 Å². The summed E-state index contributed by atoms with van der Waals surface area (Å²) in [7, 11) is 0. The molecule has 0 saturated heterocycles. The molecule has 6 rings (SSSR count). The average Bonchev–Trinajstić information content (AvgIpc) is 3.24. The lowest BCUT2D eigenvalue weighted by molar-refractivity contribution is -0.385. The number of carbonyl (C=O) groups is 1. The molecule has 8 nitrogen and oxygen atoms in total. The van der Waals surface area contributed by atoms with Crippen LogP contribution in [0.15, 0.2) is 71.9 Å². The van der Waals surface area contributed by atoms with Crippen molar-refractivity contribution in [3.05, 3.63) is 98.2 Å². The number of allylic oxidation sites excluding steroid dienone is 1. The third-order valence-corrected chi connectivity index (χ3v) is 6.93. The van der Waals surface area contributed by atoms with Crippen LogP contribution < -0.4 is 20.1 Å². The van der Waals surface area contributed by atoms with E-state index in [1.807, 2.05) is 48.5 Å². The second-order valence-electron chi connectivity index (χ2n) is 8.74. The smallest absolute Gasteiger partial charge is 0.279 e. The minimum atomic E-state index is -0.741. The van der Waals surface area contributed by atoms with Gasteiger partial charge in [-0.1, -0.05) is 35.9 Å². The third kappa shape index (κ3) is 3.76. The molecule has 2 N–H and O–H groups in total. The molecule has 0 amide bonds. The molecule has 2 heterocycles. The molecule has 0 bridgehead atoms. The van der Waals surface area contributed by atoms with E-state index in [1.165, 1.54) is 6.07 Å². The number of nitro benzene ring substituents is 1. The number of ether oxygens (including phenoxy) is 2. The zero-order chi connectivity index (χ0) is 24.1. The molecule has 2 atom stereocenters. The fraction of sp³-hybridized carbons (Fsp3) is 0.192. The summed E-state index contributed by atoms with van der Waals surface area (Å²) in [4.78, 5) is 25.3. The Hall–Kier alpha value is -4.04. The first-order chi connectivity index (χ1) is 17.0. The van der Waals surface area contributed by atoms with Crippen molar-refractivity contribution in [3.63, 3.8) is 0 Å². The van der Waals surface area contributed by atoms with Crippen LogP contribution in [0.2, 0.25) is 5.02 Å². The third-order valence-electron chi connectivity index (χ3n) is 6.68. The molecule has 3 aromatic rings. The number of nitrogens with zero attached hydrogens (tertiary/aromatic N) is 1. The maximum atomic E-state index is 13.7. The molecule has 3 aliphatic rings. The molecule has 1 aliphatic carbocycles. The van der Waals surface area contributed by atoms with E-state index in [2.05, 4.69) is 10.6 Å². The molecule has 0 fully saturated rings. The summed E-state index contributed by atoms with van der Waals surface area (Å²) in [6, 6.07) is 17.3. The predicted molar refractivity (Wildman–Crippen MR) is 131 cm³/mol. The second-order valence-corrected chi connectivity index (χ2v) is 9.18. The van der Waals surface area contributed by atoms with Crippen LogP contribution in [0.25, 0.3) is 0 Å². The lowest BCUT2D eigenvalue weighted by atomic mass is 9.78. The minimum Gasteiger partial charge on any atom is -0.454 e. The van der Waals surface area contributed by atoms with E-state index in [0.717, 1.165) is 22.6 Å². The van der Waals surface area contributed by atoms with Gasteiger partial charge in [0.2, 0.25) is 6.79 Å². The molecule has 3 aromatic carbocycles. The number of benzene rings is 3. The Morgan fingerprint density at radius 2 is 1.69 bits per heavy atom. The van der Waals surface area contributed by atoms with Gasteiger partial charge in [-0.15, -0.1) is 0 Å². The summed E-state index contributed by atoms with van der Waals surface area (Å²) in [6.45, 7) is -0.00588. The Kier molecular flexibility index (Phi) is 5.11. The van der Waals surface area contributed by atoms with Gasteiger partial charge in [0.1, 0.15) is 0 Å². The number of fused-ring (bicyclic) bond motifs is 2. The number of halogens is 1. The number of hydrogen-bond donors (Lipinski definition) is 2. The van der Waals surface area contributed by atoms with Gasteiger partial charge in [0, 0.05) is 22.7 Å². The Labute approximate surface area is 205 Å². The van der Waals surface area contributed by atoms with Crippen molar-refractivity contribution in [2.45, 2.75) is 24.8 Å². The van der Waals surface area contributed by atoms with Gasteiger partial charge in [-0.3, -0.25) is 14.9 Å². The van der Waals surface area contributed by atoms with Gasteiger partial charge in [0.05, 0.1) is 34.0 Å². The topological polar surface area (TPSA) is 103 Å². The Morgan fingerprint density at radius 1 is 0.971 bits per heavy atom. The molecular formula is C26H20ClN3O5. The molecule has 0 aromatic heterocycles. The normalized spacial score (nSPS) is 20.3. The summed E-state index contributed by atoms with van der Waals surface area (Å²) in [5.74, 6) is 0.626. The Bertz CT molecular complexity index is 1400. The maximum absolute atomic E-state index is 13.7. The number of ketones is 1. The first kappa shape index (κ1) is 21.5. The molecule has 9 heteroatoms. The van der Waals surface area contributed by atoms with Crippen LogP contribution in [-0.4, -0.2) is 17.5 Å². The molecule has 0 radical (unpaired) electrons. The van der Waals surface area contributed by atoms with Gasteiger partial charge < -0.3 is 20.1 Å². The van der Waals surface area contributed by atoms with Gasteiger partial charge in [-0.2, -0.15) is 0 Å². The highest BCUT2D eigenvalue weighted by atomic mass is 35.5. The van der Waals surface area contributed by atoms with E-state index in [4.69, 9.17) is 21.1 Å². The summed E-state index contributed by atoms with van der Waals surface area (Å²) in [5, 5.41) is 19.5. The van der Waals surface area contributed by atoms with Gasteiger partial charge in [0.15, 0.2) is 17.3 Å². The number of carbonyl (C=O) groups excluding carboxylic acids is 1. The number of hydrogen-bond acceptors (Lipinski definition) is 7. The van der Waals surface area contributed by atoms with Crippen LogP contribution in [0.4, 0.5) is 17.1 Å². The van der Waals surface area contributed by atoms with E-state index in [9.17, 15) is 14.9 Å². The SMILES string of the molecule is O=C1C[C@H](c2ccc(Cl)cc2)CC2=C1[C@H](c1cc3c(cc1[N+](=O)[O-])OCO3)Nc1ccccc1N2. The molecule has 0 spiro atoms. The molecule has 176 valence electrons. The van der Waals surface area contributed by atoms with Crippen LogP contribution in [-0.2, 0) is 4.79 Å². The number of Topliss-reactive ketones (excluding diaryl/α,β-unsaturated/α-hetero) is 1. The number of anilines is 2. The van der Waals surface area contributed by atoms with Crippen molar-refractivity contribution in [1.82, 2.24) is 0 Å². The van der Waals surface area contributed by atoms with Crippen molar-refractivity contribution in [1.29, 1.82) is 0 Å². The summed E-state index contributed by atoms with van der Waals surface area (Å²) in [5.41, 5.74) is 4.02. The molecule has 2 aliphatic heterocycles. The number of nitrogens with one attached hydrogen (secondary N) is 2. The van der Waals surface area contributed by atoms with E-state index in [0.29, 0.717) is 34.1 Å². The summed E-state index contributed by atoms with van der Waals surface area (Å²) >= 11 is 6.06. The first-order valence-electron chi connectivity index (χ1n) is 11.2. The first-order valence-corrected chi connectivity index (χ1v) is 11.6. The highest BCUT2D eigenvalue weighted by Gasteiger charge is 2.39. The van der Waals surface area contributed by atoms with Crippen LogP contribution in [0, 0.1) is 10.1 Å². The van der Waals surface area contributed by atoms with Gasteiger partial charge in [-0.05, 0) is 48.2 Å². The van der Waals surface area contributed by atoms with E-state index >= 15 is 0 Å². The highest BCUT2D eigenvalue weighted by molar-refractivity contribution is 6.30. The van der Waals surface area contributed by atoms with Gasteiger partial charge in [0.25, 0.3) is 5.69 Å². The molecular weight excluding hydrogens is 470 g/mol. The van der Waals surface area contributed by atoms with E-state index in [1.54, 1.807) is 6.07 Å². The van der Waals surface area contributed by atoms with E-state index in [-0.39, 0.29) is 30.6 Å². The Balaban J connectivity index is 1.51. The largest absolute Gasteiger partial charge is 0.454 e. The standard InChI is InChI=1S/C26H20ClN3O5/c27-16-7-5-14(6-8-16)15-9-20-25(22(31)10-15)26(29-19-4-2-1-3-18(19)28-20)17-11-23-24(35-13-34-23)12-21(17)30(32)33/h1-8,11-12,15,26,28-29H,9-10,13H2/t15-,26+/m1/s1. The average molecular weight is 490 g/mol. The fourth-order valence-corrected chi connectivity index (χ4v) is 5.16. The lowest BCUT2D eigenvalue weighted by Gasteiger charge is -2.29. The molecule has 0 unspecified atom stereocenters. The second kappa shape index (κ2) is 8.32. The maximum Gasteiger partial charge on any atom is 0.279 e. The number of para-hydroxylation sites is 2. The number of rotatable bonds is 3. The molecule has 0 saturated carbocycles. The van der Waals surface area contributed by atoms with Crippen molar-refractivity contribution in [3.8, 4) is 11.5 Å². The minimum absolute atomic E-state index is 0.00588. The Morgan fingerprint density at radius 3 is 2.43 bits per heavy atom. The zero-order valence-electron chi connectivity index (χ0n) is 18.4. The lowest BCUT2D eigenvalue weighted by Crippen LogP contribution is -2.27. The summed E-state index contributed by atoms with van der Waals surface area (Å²) in [6.07, 6.45) is 0.864. The predicted octanol–water partition coefficient (Wildman–Crippen LogP) is 5.96. The van der Waals surface area contributed by atoms with Crippen LogP contribution in [0.3, 0.4) is 0 Å². The number of nitro groups is 1. The monoisotopic (exact) mass is 489 g/mol. The van der Waals surface area contributed by atoms with Crippen LogP contribution in [0.5, 0.6) is 11.5 Å². The van der Waals surface area contributed by atoms with Crippen molar-refractivity contribution in [2.75, 3.05) is 17.4 Å². The fourth-order valence-electron chi connectivity index (χ4n) is 5.03. The van der Waals surface area contributed by atoms with Crippen LogP contribution >= 0.6 is 11.6 Å². The van der Waals surface area contributed by atoms with Crippen LogP contribution in [0.1, 0.15) is 35.9 Å². The quantitative estimate of drug-likeness (QED) is 0.346. The van der Waals surface area contributed by atoms with Gasteiger partial charge >= 0.3 is 0 Å². The van der Waals surface area contributed by atoms with Crippen molar-refractivity contribution >= 4 is 34.4 Å². The molecule has 35 heavy (non-hydrogen) atoms. The summed E-state index contributed by atoms with van der Waals surface area (Å²) < 4.78 is 10.9.